The number of hydrogen-bond acceptors (Lipinski definition) is 6. The number of hydrogen-bond donors (Lipinski definition) is 2. The number of nitrogens with zero attached hydrogens (tertiary/aromatic N) is 2. The van der Waals surface area contributed by atoms with Gasteiger partial charge in [-0.05, 0) is 105 Å². The lowest BCUT2D eigenvalue weighted by Crippen LogP contribution is -2.50. The molecule has 2 aromatic carbocycles. The van der Waals surface area contributed by atoms with Gasteiger partial charge in [0.15, 0.2) is 0 Å². The minimum atomic E-state index is -0.430. The van der Waals surface area contributed by atoms with E-state index >= 15 is 0 Å². The standard InChI is InChI=1S/C36H46N4O4/c1-5-30-20-29(13-16-44-30)39(21-32-22(2)17-23(3)38-36(32)42)34-24(4)40(28-11-14-43-15-12-28)33-10-9-26(19-31(33)34)25-7-6-8-27(18-25)35(37)41/h6-10,17-19,24,28-30,34H,5,11-16,20-21H2,1-4H3,(H2,37,41)(H,38,42). The van der Waals surface area contributed by atoms with Crippen molar-refractivity contribution in [2.24, 2.45) is 5.73 Å². The third-order valence-corrected chi connectivity index (χ3v) is 10.0. The molecule has 8 heteroatoms. The first kappa shape index (κ1) is 30.6. The third kappa shape index (κ3) is 5.95. The first-order valence-electron chi connectivity index (χ1n) is 16.2. The number of aromatic nitrogens is 1. The highest BCUT2D eigenvalue weighted by Crippen LogP contribution is 2.48. The average Bonchev–Trinajstić information content (AvgIpc) is 3.31. The van der Waals surface area contributed by atoms with E-state index in [-0.39, 0.29) is 29.8 Å². The Balaban J connectivity index is 1.48. The van der Waals surface area contributed by atoms with Crippen LogP contribution in [-0.2, 0) is 16.0 Å². The molecule has 3 N–H and O–H groups in total. The van der Waals surface area contributed by atoms with Crippen LogP contribution in [0.5, 0.6) is 0 Å². The van der Waals surface area contributed by atoms with E-state index in [2.05, 4.69) is 59.8 Å². The number of carbonyl (C=O) groups is 1. The Morgan fingerprint density at radius 3 is 2.55 bits per heavy atom. The number of aryl methyl sites for hydroxylation is 2. The Kier molecular flexibility index (Phi) is 8.94. The minimum absolute atomic E-state index is 0.00391. The normalized spacial score (nSPS) is 24.1. The summed E-state index contributed by atoms with van der Waals surface area (Å²) < 4.78 is 11.9. The number of aromatic amines is 1. The first-order chi connectivity index (χ1) is 21.2. The second-order valence-corrected chi connectivity index (χ2v) is 12.8. The van der Waals surface area contributed by atoms with Gasteiger partial charge in [0.1, 0.15) is 0 Å². The van der Waals surface area contributed by atoms with Crippen molar-refractivity contribution in [3.8, 4) is 11.1 Å². The fourth-order valence-corrected chi connectivity index (χ4v) is 7.80. The van der Waals surface area contributed by atoms with Crippen LogP contribution in [-0.4, -0.2) is 59.8 Å². The van der Waals surface area contributed by atoms with Crippen LogP contribution in [0.4, 0.5) is 5.69 Å². The van der Waals surface area contributed by atoms with Gasteiger partial charge >= 0.3 is 0 Å². The van der Waals surface area contributed by atoms with Gasteiger partial charge in [-0.25, -0.2) is 0 Å². The number of benzene rings is 2. The summed E-state index contributed by atoms with van der Waals surface area (Å²) in [4.78, 5) is 33.7. The highest BCUT2D eigenvalue weighted by molar-refractivity contribution is 5.94. The largest absolute Gasteiger partial charge is 0.381 e. The van der Waals surface area contributed by atoms with E-state index in [4.69, 9.17) is 15.2 Å². The predicted molar refractivity (Wildman–Crippen MR) is 174 cm³/mol. The molecule has 0 saturated carbocycles. The van der Waals surface area contributed by atoms with E-state index in [0.29, 0.717) is 18.2 Å². The summed E-state index contributed by atoms with van der Waals surface area (Å²) in [5, 5.41) is 0. The molecule has 4 unspecified atom stereocenters. The maximum absolute atomic E-state index is 13.4. The molecule has 0 radical (unpaired) electrons. The summed E-state index contributed by atoms with van der Waals surface area (Å²) in [6.45, 7) is 11.4. The summed E-state index contributed by atoms with van der Waals surface area (Å²) in [6.07, 6.45) is 5.03. The fourth-order valence-electron chi connectivity index (χ4n) is 7.80. The van der Waals surface area contributed by atoms with E-state index in [1.807, 2.05) is 25.1 Å². The van der Waals surface area contributed by atoms with Crippen LogP contribution in [0.25, 0.3) is 11.1 Å². The number of nitrogens with one attached hydrogen (secondary N) is 1. The molecule has 3 aliphatic heterocycles. The molecule has 44 heavy (non-hydrogen) atoms. The lowest BCUT2D eigenvalue weighted by atomic mass is 9.92. The Labute approximate surface area is 260 Å². The third-order valence-electron chi connectivity index (χ3n) is 10.0. The summed E-state index contributed by atoms with van der Waals surface area (Å²) >= 11 is 0. The van der Waals surface area contributed by atoms with E-state index < -0.39 is 5.91 Å². The van der Waals surface area contributed by atoms with E-state index in [1.54, 1.807) is 6.07 Å². The highest BCUT2D eigenvalue weighted by atomic mass is 16.5. The van der Waals surface area contributed by atoms with Crippen molar-refractivity contribution in [3.05, 3.63) is 86.8 Å². The van der Waals surface area contributed by atoms with Gasteiger partial charge in [-0.2, -0.15) is 0 Å². The number of ether oxygens (including phenoxy) is 2. The lowest BCUT2D eigenvalue weighted by molar-refractivity contribution is -0.0429. The molecule has 0 spiro atoms. The number of rotatable bonds is 8. The van der Waals surface area contributed by atoms with Crippen molar-refractivity contribution < 1.29 is 14.3 Å². The van der Waals surface area contributed by atoms with Crippen molar-refractivity contribution in [3.63, 3.8) is 0 Å². The van der Waals surface area contributed by atoms with E-state index in [1.165, 1.54) is 11.3 Å². The van der Waals surface area contributed by atoms with Crippen LogP contribution < -0.4 is 16.2 Å². The Morgan fingerprint density at radius 2 is 1.82 bits per heavy atom. The molecule has 1 amide bonds. The minimum Gasteiger partial charge on any atom is -0.381 e. The Bertz CT molecular complexity index is 1560. The van der Waals surface area contributed by atoms with Crippen molar-refractivity contribution in [2.45, 2.75) is 96.6 Å². The first-order valence-corrected chi connectivity index (χ1v) is 16.2. The molecule has 3 aliphatic rings. The number of primary amides is 1. The molecule has 4 heterocycles. The van der Waals surface area contributed by atoms with Crippen molar-refractivity contribution in [1.82, 2.24) is 9.88 Å². The topological polar surface area (TPSA) is 101 Å². The van der Waals surface area contributed by atoms with Crippen LogP contribution in [0.2, 0.25) is 0 Å². The number of anilines is 1. The molecule has 1 aromatic heterocycles. The van der Waals surface area contributed by atoms with Crippen molar-refractivity contribution in [2.75, 3.05) is 24.7 Å². The second-order valence-electron chi connectivity index (χ2n) is 12.8. The summed E-state index contributed by atoms with van der Waals surface area (Å²) in [6, 6.07) is 17.3. The molecule has 0 aliphatic carbocycles. The quantitative estimate of drug-likeness (QED) is 0.348. The number of carbonyl (C=O) groups excluding carboxylic acids is 1. The molecule has 0 bridgehead atoms. The molecule has 8 nitrogen and oxygen atoms in total. The van der Waals surface area contributed by atoms with Gasteiger partial charge in [0, 0.05) is 67.0 Å². The summed E-state index contributed by atoms with van der Waals surface area (Å²) in [5.41, 5.74) is 13.4. The van der Waals surface area contributed by atoms with Gasteiger partial charge in [-0.3, -0.25) is 14.5 Å². The zero-order chi connectivity index (χ0) is 31.0. The van der Waals surface area contributed by atoms with Gasteiger partial charge < -0.3 is 25.1 Å². The van der Waals surface area contributed by atoms with Crippen molar-refractivity contribution >= 4 is 11.6 Å². The predicted octanol–water partition coefficient (Wildman–Crippen LogP) is 5.65. The summed E-state index contributed by atoms with van der Waals surface area (Å²) in [5.74, 6) is -0.430. The molecule has 6 rings (SSSR count). The van der Waals surface area contributed by atoms with Gasteiger partial charge in [-0.1, -0.05) is 25.1 Å². The molecule has 2 saturated heterocycles. The lowest BCUT2D eigenvalue weighted by Gasteiger charge is -2.44. The smallest absolute Gasteiger partial charge is 0.252 e. The number of pyridine rings is 1. The zero-order valence-electron chi connectivity index (χ0n) is 26.5. The van der Waals surface area contributed by atoms with E-state index in [0.717, 1.165) is 79.9 Å². The van der Waals surface area contributed by atoms with Crippen molar-refractivity contribution in [1.29, 1.82) is 0 Å². The van der Waals surface area contributed by atoms with Gasteiger partial charge in [0.2, 0.25) is 5.91 Å². The zero-order valence-corrected chi connectivity index (χ0v) is 26.5. The van der Waals surface area contributed by atoms with Gasteiger partial charge in [-0.15, -0.1) is 0 Å². The van der Waals surface area contributed by atoms with Crippen LogP contribution >= 0.6 is 0 Å². The molecule has 4 atom stereocenters. The SMILES string of the molecule is CCC1CC(N(Cc2c(C)cc(C)[nH]c2=O)C2c3cc(-c4cccc(C(N)=O)c4)ccc3N(C3CCOCC3)C2C)CCO1. The van der Waals surface area contributed by atoms with Crippen LogP contribution in [0.1, 0.15) is 84.7 Å². The molecular formula is C36H46N4O4. The van der Waals surface area contributed by atoms with E-state index in [9.17, 15) is 9.59 Å². The highest BCUT2D eigenvalue weighted by Gasteiger charge is 2.45. The van der Waals surface area contributed by atoms with Gasteiger partial charge in [0.25, 0.3) is 5.56 Å². The van der Waals surface area contributed by atoms with Gasteiger partial charge in [0.05, 0.1) is 12.1 Å². The fraction of sp³-hybridized carbons (Fsp3) is 0.500. The maximum Gasteiger partial charge on any atom is 0.252 e. The molecule has 234 valence electrons. The molecular weight excluding hydrogens is 552 g/mol. The Morgan fingerprint density at radius 1 is 1.05 bits per heavy atom. The number of fused-ring (bicyclic) bond motifs is 1. The number of nitrogens with two attached hydrogens (primary N) is 1. The monoisotopic (exact) mass is 598 g/mol. The number of H-pyrrole nitrogens is 1. The molecule has 3 aromatic rings. The summed E-state index contributed by atoms with van der Waals surface area (Å²) in [7, 11) is 0. The van der Waals surface area contributed by atoms with Crippen LogP contribution in [0, 0.1) is 13.8 Å². The average molecular weight is 599 g/mol. The molecule has 2 fully saturated rings. The maximum atomic E-state index is 13.4. The van der Waals surface area contributed by atoms with Crippen LogP contribution in [0.15, 0.2) is 53.3 Å². The number of amides is 1. The Hall–Kier alpha value is -3.46. The second kappa shape index (κ2) is 12.9. The van der Waals surface area contributed by atoms with Crippen LogP contribution in [0.3, 0.4) is 0 Å².